The van der Waals surface area contributed by atoms with Crippen LogP contribution in [0.25, 0.3) is 12.2 Å². The number of aliphatic imine (C=N–C) groups is 2. The molecule has 0 radical (unpaired) electrons. The maximum absolute atomic E-state index is 4.75. The highest BCUT2D eigenvalue weighted by atomic mass is 15.0. The second kappa shape index (κ2) is 5.56. The number of rotatable bonds is 0. The van der Waals surface area contributed by atoms with Crippen LogP contribution in [-0.2, 0) is 0 Å². The third-order valence-electron chi connectivity index (χ3n) is 4.94. The van der Waals surface area contributed by atoms with Crippen LogP contribution in [0, 0.1) is 0 Å². The smallest absolute Gasteiger partial charge is 0.0655 e. The Morgan fingerprint density at radius 3 is 2.71 bits per heavy atom. The summed E-state index contributed by atoms with van der Waals surface area (Å²) in [6.45, 7) is 0. The van der Waals surface area contributed by atoms with E-state index in [9.17, 15) is 0 Å². The van der Waals surface area contributed by atoms with Gasteiger partial charge in [0.25, 0.3) is 0 Å². The predicted molar refractivity (Wildman–Crippen MR) is 98.3 cm³/mol. The van der Waals surface area contributed by atoms with E-state index < -0.39 is 0 Å². The van der Waals surface area contributed by atoms with Gasteiger partial charge in [0.1, 0.15) is 0 Å². The number of nitrogens with zero attached hydrogens (tertiary/aromatic N) is 2. The molecule has 5 rings (SSSR count). The van der Waals surface area contributed by atoms with E-state index in [4.69, 9.17) is 9.98 Å². The summed E-state index contributed by atoms with van der Waals surface area (Å²) in [5, 5.41) is 5.98. The van der Waals surface area contributed by atoms with Crippen molar-refractivity contribution in [3.63, 3.8) is 0 Å². The molecular weight excluding hydrogens is 296 g/mol. The zero-order chi connectivity index (χ0) is 15.9. The van der Waals surface area contributed by atoms with E-state index in [-0.39, 0.29) is 0 Å². The van der Waals surface area contributed by atoms with E-state index in [0.717, 1.165) is 53.8 Å². The number of H-pyrrole nitrogens is 1. The fraction of sp³-hybridized carbons (Fsp3) is 0.300. The first-order valence-corrected chi connectivity index (χ1v) is 8.72. The summed E-state index contributed by atoms with van der Waals surface area (Å²) < 4.78 is 0. The minimum Gasteiger partial charge on any atom is -0.356 e. The largest absolute Gasteiger partial charge is 0.356 e. The van der Waals surface area contributed by atoms with Crippen molar-refractivity contribution in [2.45, 2.75) is 37.8 Å². The molecule has 24 heavy (non-hydrogen) atoms. The van der Waals surface area contributed by atoms with Crippen molar-refractivity contribution in [2.75, 3.05) is 0 Å². The maximum atomic E-state index is 4.75. The lowest BCUT2D eigenvalue weighted by Crippen LogP contribution is -2.28. The van der Waals surface area contributed by atoms with Crippen molar-refractivity contribution in [3.8, 4) is 0 Å². The van der Waals surface area contributed by atoms with Gasteiger partial charge in [0.2, 0.25) is 0 Å². The molecule has 1 aromatic heterocycles. The Morgan fingerprint density at radius 1 is 0.875 bits per heavy atom. The molecule has 4 nitrogen and oxygen atoms in total. The topological polar surface area (TPSA) is 52.5 Å². The minimum atomic E-state index is 0.395. The summed E-state index contributed by atoms with van der Waals surface area (Å²) in [4.78, 5) is 13.0. The van der Waals surface area contributed by atoms with Crippen LogP contribution in [0.1, 0.15) is 25.7 Å². The van der Waals surface area contributed by atoms with Crippen LogP contribution < -0.4 is 16.0 Å². The van der Waals surface area contributed by atoms with Gasteiger partial charge in [0.15, 0.2) is 0 Å². The highest BCUT2D eigenvalue weighted by Gasteiger charge is 2.21. The zero-order valence-electron chi connectivity index (χ0n) is 13.5. The van der Waals surface area contributed by atoms with Gasteiger partial charge in [-0.2, -0.15) is 0 Å². The van der Waals surface area contributed by atoms with Gasteiger partial charge in [0.05, 0.1) is 11.4 Å². The maximum Gasteiger partial charge on any atom is 0.0655 e. The van der Waals surface area contributed by atoms with Crippen molar-refractivity contribution in [2.24, 2.45) is 9.98 Å². The molecule has 0 aliphatic carbocycles. The monoisotopic (exact) mass is 316 g/mol. The van der Waals surface area contributed by atoms with Crippen LogP contribution in [0.2, 0.25) is 0 Å². The van der Waals surface area contributed by atoms with Gasteiger partial charge in [-0.3, -0.25) is 4.99 Å². The molecule has 0 spiro atoms. The number of nitrogens with one attached hydrogen (secondary N) is 2. The van der Waals surface area contributed by atoms with Crippen molar-refractivity contribution in [3.05, 3.63) is 58.5 Å². The van der Waals surface area contributed by atoms with Crippen molar-refractivity contribution in [1.82, 2.24) is 10.3 Å². The van der Waals surface area contributed by atoms with Crippen molar-refractivity contribution >= 4 is 23.6 Å². The van der Waals surface area contributed by atoms with Gasteiger partial charge in [-0.1, -0.05) is 0 Å². The third kappa shape index (κ3) is 2.74. The number of hydrogen-bond donors (Lipinski definition) is 2. The summed E-state index contributed by atoms with van der Waals surface area (Å²) >= 11 is 0. The third-order valence-corrected chi connectivity index (χ3v) is 4.94. The highest BCUT2D eigenvalue weighted by Crippen LogP contribution is 2.21. The molecule has 2 N–H and O–H groups in total. The minimum absolute atomic E-state index is 0.395. The molecule has 0 saturated carbocycles. The molecule has 1 fully saturated rings. The Kier molecular flexibility index (Phi) is 3.23. The van der Waals surface area contributed by atoms with E-state index in [2.05, 4.69) is 58.9 Å². The Morgan fingerprint density at radius 2 is 1.75 bits per heavy atom. The molecule has 8 bridgehead atoms. The number of fused-ring (bicyclic) bond motifs is 6. The zero-order valence-corrected chi connectivity index (χ0v) is 13.5. The predicted octanol–water partition coefficient (Wildman–Crippen LogP) is 1.72. The van der Waals surface area contributed by atoms with Crippen LogP contribution >= 0.6 is 0 Å². The van der Waals surface area contributed by atoms with E-state index in [1.807, 2.05) is 0 Å². The van der Waals surface area contributed by atoms with Gasteiger partial charge in [0, 0.05) is 34.2 Å². The lowest BCUT2D eigenvalue weighted by Gasteiger charge is -2.07. The van der Waals surface area contributed by atoms with Gasteiger partial charge >= 0.3 is 0 Å². The van der Waals surface area contributed by atoms with Crippen molar-refractivity contribution < 1.29 is 0 Å². The fourth-order valence-electron chi connectivity index (χ4n) is 3.78. The number of aromatic nitrogens is 1. The van der Waals surface area contributed by atoms with Crippen LogP contribution in [0.15, 0.2) is 57.8 Å². The second-order valence-electron chi connectivity index (χ2n) is 6.84. The van der Waals surface area contributed by atoms with Crippen LogP contribution in [-0.4, -0.2) is 28.5 Å². The SMILES string of the molecule is C1=CC2=NC1=CC1CCC(C=c3ccc([nH]3)=CC3=NC(=C2)CC3)N1. The average molecular weight is 316 g/mol. The molecule has 0 aromatic carbocycles. The molecule has 4 aliphatic rings. The number of allylic oxidation sites excluding steroid dienone is 4. The molecule has 2 unspecified atom stereocenters. The second-order valence-corrected chi connectivity index (χ2v) is 6.84. The molecular formula is C20H20N4. The molecule has 1 aromatic rings. The Labute approximate surface area is 140 Å². The first-order chi connectivity index (χ1) is 11.8. The summed E-state index contributed by atoms with van der Waals surface area (Å²) in [6.07, 6.45) is 17.3. The normalized spacial score (nSPS) is 27.8. The molecule has 2 atom stereocenters. The summed E-state index contributed by atoms with van der Waals surface area (Å²) in [5.41, 5.74) is 4.33. The van der Waals surface area contributed by atoms with Gasteiger partial charge in [-0.25, -0.2) is 4.99 Å². The Bertz CT molecular complexity index is 952. The molecule has 4 aliphatic heterocycles. The van der Waals surface area contributed by atoms with Crippen LogP contribution in [0.5, 0.6) is 0 Å². The molecule has 5 heterocycles. The summed E-state index contributed by atoms with van der Waals surface area (Å²) in [5.74, 6) is 0. The van der Waals surface area contributed by atoms with Gasteiger partial charge < -0.3 is 10.3 Å². The summed E-state index contributed by atoms with van der Waals surface area (Å²) in [7, 11) is 0. The molecule has 0 amide bonds. The average Bonchev–Trinajstić information content (AvgIpc) is 3.32. The standard InChI is InChI=1S/C20H20N4/c1-2-14-10-16-5-6-18(23-16)12-20-8-7-19(24-20)11-17-4-3-15(22-17)9-13(1)21-14/h1-2,7-12,15,17,21-22H,3-6H2. The van der Waals surface area contributed by atoms with Gasteiger partial charge in [-0.15, -0.1) is 0 Å². The first kappa shape index (κ1) is 13.9. The quantitative estimate of drug-likeness (QED) is 0.752. The van der Waals surface area contributed by atoms with Crippen LogP contribution in [0.3, 0.4) is 0 Å². The molecule has 4 heteroatoms. The lowest BCUT2D eigenvalue weighted by molar-refractivity contribution is 0.684. The highest BCUT2D eigenvalue weighted by molar-refractivity contribution is 6.13. The van der Waals surface area contributed by atoms with E-state index in [0.29, 0.717) is 12.1 Å². The van der Waals surface area contributed by atoms with Crippen molar-refractivity contribution in [1.29, 1.82) is 0 Å². The Balaban J connectivity index is 1.61. The first-order valence-electron chi connectivity index (χ1n) is 8.72. The van der Waals surface area contributed by atoms with Crippen LogP contribution in [0.4, 0.5) is 0 Å². The summed E-state index contributed by atoms with van der Waals surface area (Å²) in [6, 6.07) is 5.10. The lowest BCUT2D eigenvalue weighted by atomic mass is 10.1. The van der Waals surface area contributed by atoms with Gasteiger partial charge in [-0.05, 0) is 74.3 Å². The fourth-order valence-corrected chi connectivity index (χ4v) is 3.78. The van der Waals surface area contributed by atoms with E-state index in [1.165, 1.54) is 5.35 Å². The number of aromatic amines is 1. The van der Waals surface area contributed by atoms with E-state index >= 15 is 0 Å². The number of hydrogen-bond acceptors (Lipinski definition) is 3. The molecule has 1 saturated heterocycles. The molecule has 120 valence electrons. The Hall–Kier alpha value is -2.46. The van der Waals surface area contributed by atoms with E-state index in [1.54, 1.807) is 0 Å².